The lowest BCUT2D eigenvalue weighted by Gasteiger charge is -2.03. The van der Waals surface area contributed by atoms with Crippen molar-refractivity contribution < 1.29 is 4.52 Å². The topological polar surface area (TPSA) is 64.9 Å². The molecule has 0 aliphatic heterocycles. The fourth-order valence-corrected chi connectivity index (χ4v) is 2.03. The number of halogens is 1. The van der Waals surface area contributed by atoms with Crippen LogP contribution in [0.2, 0.25) is 5.02 Å². The van der Waals surface area contributed by atoms with Crippen LogP contribution in [0.25, 0.3) is 11.5 Å². The number of nitrogens with two attached hydrogens (primary N) is 1. The lowest BCUT2D eigenvalue weighted by atomic mass is 10.1. The van der Waals surface area contributed by atoms with E-state index in [0.29, 0.717) is 16.7 Å². The Kier molecular flexibility index (Phi) is 3.99. The number of hydrogen-bond donors (Lipinski definition) is 1. The molecule has 18 heavy (non-hydrogen) atoms. The van der Waals surface area contributed by atoms with Crippen LogP contribution in [0.4, 0.5) is 0 Å². The molecule has 96 valence electrons. The Morgan fingerprint density at radius 3 is 2.89 bits per heavy atom. The summed E-state index contributed by atoms with van der Waals surface area (Å²) in [5, 5.41) is 4.62. The molecule has 2 aromatic rings. The van der Waals surface area contributed by atoms with Gasteiger partial charge in [-0.15, -0.1) is 0 Å². The Labute approximate surface area is 111 Å². The van der Waals surface area contributed by atoms with Gasteiger partial charge >= 0.3 is 0 Å². The van der Waals surface area contributed by atoms with Crippen molar-refractivity contribution in [2.75, 3.05) is 0 Å². The van der Waals surface area contributed by atoms with Crippen LogP contribution in [-0.2, 0) is 0 Å². The second-order valence-corrected chi connectivity index (χ2v) is 4.75. The van der Waals surface area contributed by atoms with E-state index in [4.69, 9.17) is 21.9 Å². The number of hydrogen-bond acceptors (Lipinski definition) is 4. The van der Waals surface area contributed by atoms with Gasteiger partial charge in [0.2, 0.25) is 0 Å². The van der Waals surface area contributed by atoms with E-state index in [-0.39, 0.29) is 6.04 Å². The summed E-state index contributed by atoms with van der Waals surface area (Å²) in [4.78, 5) is 4.34. The smallest absolute Gasteiger partial charge is 0.258 e. The van der Waals surface area contributed by atoms with Crippen molar-refractivity contribution in [1.82, 2.24) is 10.1 Å². The predicted molar refractivity (Wildman–Crippen MR) is 71.3 cm³/mol. The van der Waals surface area contributed by atoms with Crippen molar-refractivity contribution in [3.63, 3.8) is 0 Å². The molecule has 1 aromatic heterocycles. The van der Waals surface area contributed by atoms with E-state index in [1.165, 1.54) is 0 Å². The molecular formula is C13H16ClN3O. The van der Waals surface area contributed by atoms with E-state index in [1.807, 2.05) is 19.1 Å². The molecule has 1 heterocycles. The van der Waals surface area contributed by atoms with Crippen molar-refractivity contribution in [2.24, 2.45) is 5.73 Å². The van der Waals surface area contributed by atoms with E-state index in [2.05, 4.69) is 17.1 Å². The normalized spacial score (nSPS) is 12.7. The van der Waals surface area contributed by atoms with Gasteiger partial charge in [0.25, 0.3) is 5.89 Å². The summed E-state index contributed by atoms with van der Waals surface area (Å²) in [6, 6.07) is 5.38. The van der Waals surface area contributed by atoms with Crippen LogP contribution in [0.3, 0.4) is 0 Å². The molecule has 0 bridgehead atoms. The molecule has 0 amide bonds. The maximum atomic E-state index is 5.95. The average Bonchev–Trinajstić information content (AvgIpc) is 2.78. The number of aryl methyl sites for hydroxylation is 1. The summed E-state index contributed by atoms with van der Waals surface area (Å²) >= 11 is 5.91. The fraction of sp³-hybridized carbons (Fsp3) is 0.385. The molecule has 0 aliphatic rings. The van der Waals surface area contributed by atoms with E-state index < -0.39 is 0 Å². The zero-order valence-electron chi connectivity index (χ0n) is 10.5. The Balaban J connectivity index is 2.29. The molecule has 0 spiro atoms. The van der Waals surface area contributed by atoms with Gasteiger partial charge in [-0.1, -0.05) is 30.1 Å². The minimum atomic E-state index is -0.167. The minimum absolute atomic E-state index is 0.167. The SMILES string of the molecule is CCCC(N)c1noc(-c2ccc(Cl)cc2C)n1. The van der Waals surface area contributed by atoms with Crippen molar-refractivity contribution in [3.8, 4) is 11.5 Å². The van der Waals surface area contributed by atoms with Gasteiger partial charge in [0, 0.05) is 10.6 Å². The highest BCUT2D eigenvalue weighted by Gasteiger charge is 2.15. The number of benzene rings is 1. The van der Waals surface area contributed by atoms with Crippen molar-refractivity contribution in [3.05, 3.63) is 34.6 Å². The molecule has 0 saturated heterocycles. The van der Waals surface area contributed by atoms with E-state index in [1.54, 1.807) is 6.07 Å². The third-order valence-corrected chi connectivity index (χ3v) is 3.03. The third kappa shape index (κ3) is 2.71. The molecule has 2 N–H and O–H groups in total. The zero-order valence-corrected chi connectivity index (χ0v) is 11.2. The van der Waals surface area contributed by atoms with E-state index in [0.717, 1.165) is 24.0 Å². The highest BCUT2D eigenvalue weighted by Crippen LogP contribution is 2.25. The monoisotopic (exact) mass is 265 g/mol. The first-order valence-electron chi connectivity index (χ1n) is 5.97. The van der Waals surface area contributed by atoms with Crippen molar-refractivity contribution >= 4 is 11.6 Å². The lowest BCUT2D eigenvalue weighted by molar-refractivity contribution is 0.413. The van der Waals surface area contributed by atoms with E-state index in [9.17, 15) is 0 Å². The minimum Gasteiger partial charge on any atom is -0.334 e. The Morgan fingerprint density at radius 2 is 2.22 bits per heavy atom. The fourth-order valence-electron chi connectivity index (χ4n) is 1.80. The highest BCUT2D eigenvalue weighted by atomic mass is 35.5. The summed E-state index contributed by atoms with van der Waals surface area (Å²) in [6.45, 7) is 4.03. The maximum Gasteiger partial charge on any atom is 0.258 e. The summed E-state index contributed by atoms with van der Waals surface area (Å²) in [5.74, 6) is 1.05. The van der Waals surface area contributed by atoms with Gasteiger partial charge in [-0.05, 0) is 37.1 Å². The number of rotatable bonds is 4. The second-order valence-electron chi connectivity index (χ2n) is 4.31. The summed E-state index contributed by atoms with van der Waals surface area (Å²) in [5.41, 5.74) is 7.85. The van der Waals surface area contributed by atoms with Gasteiger partial charge in [-0.2, -0.15) is 4.98 Å². The number of aromatic nitrogens is 2. The molecule has 0 radical (unpaired) electrons. The van der Waals surface area contributed by atoms with Crippen LogP contribution in [0, 0.1) is 6.92 Å². The van der Waals surface area contributed by atoms with Crippen molar-refractivity contribution in [2.45, 2.75) is 32.7 Å². The van der Waals surface area contributed by atoms with Crippen LogP contribution in [0.15, 0.2) is 22.7 Å². The van der Waals surface area contributed by atoms with Gasteiger partial charge < -0.3 is 10.3 Å². The predicted octanol–water partition coefficient (Wildman–Crippen LogP) is 3.50. The third-order valence-electron chi connectivity index (χ3n) is 2.79. The van der Waals surface area contributed by atoms with Crippen LogP contribution >= 0.6 is 11.6 Å². The van der Waals surface area contributed by atoms with Crippen LogP contribution in [0.5, 0.6) is 0 Å². The summed E-state index contributed by atoms with van der Waals surface area (Å²) < 4.78 is 5.25. The molecule has 0 fully saturated rings. The molecule has 2 rings (SSSR count). The van der Waals surface area contributed by atoms with Gasteiger partial charge in [0.05, 0.1) is 6.04 Å². The molecule has 1 aromatic carbocycles. The second kappa shape index (κ2) is 5.50. The van der Waals surface area contributed by atoms with Gasteiger partial charge in [0.15, 0.2) is 5.82 Å². The summed E-state index contributed by atoms with van der Waals surface area (Å²) in [7, 11) is 0. The molecule has 1 unspecified atom stereocenters. The molecule has 5 heteroatoms. The van der Waals surface area contributed by atoms with Gasteiger partial charge in [-0.3, -0.25) is 0 Å². The molecule has 1 atom stereocenters. The Morgan fingerprint density at radius 1 is 1.44 bits per heavy atom. The molecule has 4 nitrogen and oxygen atoms in total. The van der Waals surface area contributed by atoms with Gasteiger partial charge in [0.1, 0.15) is 0 Å². The zero-order chi connectivity index (χ0) is 13.1. The quantitative estimate of drug-likeness (QED) is 0.919. The first-order valence-corrected chi connectivity index (χ1v) is 6.35. The van der Waals surface area contributed by atoms with Crippen LogP contribution in [0.1, 0.15) is 37.2 Å². The average molecular weight is 266 g/mol. The van der Waals surface area contributed by atoms with Crippen molar-refractivity contribution in [1.29, 1.82) is 0 Å². The summed E-state index contributed by atoms with van der Waals surface area (Å²) in [6.07, 6.45) is 1.84. The molecule has 0 saturated carbocycles. The largest absolute Gasteiger partial charge is 0.334 e. The Hall–Kier alpha value is -1.39. The number of nitrogens with zero attached hydrogens (tertiary/aromatic N) is 2. The maximum absolute atomic E-state index is 5.95. The first kappa shape index (κ1) is 13.1. The standard InChI is InChI=1S/C13H16ClN3O/c1-3-4-11(15)12-16-13(18-17-12)10-6-5-9(14)7-8(10)2/h5-7,11H,3-4,15H2,1-2H3. The molecule has 0 aliphatic carbocycles. The lowest BCUT2D eigenvalue weighted by Crippen LogP contribution is -2.11. The highest BCUT2D eigenvalue weighted by molar-refractivity contribution is 6.30. The van der Waals surface area contributed by atoms with E-state index >= 15 is 0 Å². The molecular weight excluding hydrogens is 250 g/mol. The Bertz CT molecular complexity index is 539. The van der Waals surface area contributed by atoms with Gasteiger partial charge in [-0.25, -0.2) is 0 Å². The van der Waals surface area contributed by atoms with Crippen LogP contribution in [-0.4, -0.2) is 10.1 Å². The van der Waals surface area contributed by atoms with Crippen LogP contribution < -0.4 is 5.73 Å². The first-order chi connectivity index (χ1) is 8.61.